The summed E-state index contributed by atoms with van der Waals surface area (Å²) in [6.45, 7) is 3.81. The van der Waals surface area contributed by atoms with Gasteiger partial charge in [-0.1, -0.05) is 31.4 Å². The molecule has 7 nitrogen and oxygen atoms in total. The third-order valence-corrected chi connectivity index (χ3v) is 6.10. The molecule has 5 rings (SSSR count). The van der Waals surface area contributed by atoms with E-state index in [0.29, 0.717) is 17.6 Å². The first kappa shape index (κ1) is 18.8. The average molecular weight is 403 g/mol. The maximum Gasteiger partial charge on any atom is 0.258 e. The van der Waals surface area contributed by atoms with E-state index in [9.17, 15) is 4.79 Å². The van der Waals surface area contributed by atoms with Gasteiger partial charge in [0.25, 0.3) is 5.91 Å². The van der Waals surface area contributed by atoms with Crippen molar-refractivity contribution < 1.29 is 4.79 Å². The molecule has 0 bridgehead atoms. The monoisotopic (exact) mass is 402 g/mol. The molecule has 0 radical (unpaired) electrons. The Kier molecular flexibility index (Phi) is 4.53. The van der Waals surface area contributed by atoms with E-state index < -0.39 is 0 Å². The highest BCUT2D eigenvalue weighted by atomic mass is 16.1. The average Bonchev–Trinajstić information content (AvgIpc) is 3.24. The molecule has 3 aromatic heterocycles. The van der Waals surface area contributed by atoms with Crippen LogP contribution in [0, 0.1) is 13.8 Å². The van der Waals surface area contributed by atoms with Crippen molar-refractivity contribution in [2.24, 2.45) is 7.05 Å². The van der Waals surface area contributed by atoms with E-state index in [-0.39, 0.29) is 5.91 Å². The first-order valence-electron chi connectivity index (χ1n) is 10.6. The molecule has 3 heterocycles. The van der Waals surface area contributed by atoms with Gasteiger partial charge in [-0.15, -0.1) is 0 Å². The van der Waals surface area contributed by atoms with Crippen molar-refractivity contribution in [3.05, 3.63) is 47.3 Å². The summed E-state index contributed by atoms with van der Waals surface area (Å²) in [4.78, 5) is 22.8. The maximum absolute atomic E-state index is 13.4. The Labute approximate surface area is 175 Å². The number of hydrogen-bond acceptors (Lipinski definition) is 4. The summed E-state index contributed by atoms with van der Waals surface area (Å²) in [7, 11) is 1.85. The summed E-state index contributed by atoms with van der Waals surface area (Å²) in [5, 5.41) is 8.37. The predicted molar refractivity (Wildman–Crippen MR) is 118 cm³/mol. The Morgan fingerprint density at radius 1 is 1.10 bits per heavy atom. The van der Waals surface area contributed by atoms with Crippen LogP contribution in [-0.2, 0) is 7.05 Å². The van der Waals surface area contributed by atoms with Crippen LogP contribution in [0.2, 0.25) is 0 Å². The predicted octanol–water partition coefficient (Wildman–Crippen LogP) is 4.69. The fourth-order valence-corrected chi connectivity index (χ4v) is 4.76. The fraction of sp³-hybridized carbons (Fsp3) is 0.391. The molecule has 1 N–H and O–H groups in total. The summed E-state index contributed by atoms with van der Waals surface area (Å²) in [5.41, 5.74) is 4.88. The zero-order chi connectivity index (χ0) is 20.8. The first-order valence-corrected chi connectivity index (χ1v) is 10.6. The van der Waals surface area contributed by atoms with Crippen molar-refractivity contribution in [3.63, 3.8) is 0 Å². The molecule has 0 unspecified atom stereocenters. The van der Waals surface area contributed by atoms with Gasteiger partial charge in [-0.2, -0.15) is 5.10 Å². The van der Waals surface area contributed by atoms with Gasteiger partial charge in [0.15, 0.2) is 5.65 Å². The van der Waals surface area contributed by atoms with Crippen molar-refractivity contribution in [1.82, 2.24) is 24.3 Å². The van der Waals surface area contributed by atoms with E-state index in [4.69, 9.17) is 4.98 Å². The van der Waals surface area contributed by atoms with Crippen LogP contribution >= 0.6 is 0 Å². The molecule has 0 saturated heterocycles. The standard InChI is InChI=1S/C23H26N6O/c1-14-13-17(20-15(2)27-28(3)21(20)24-14)22(30)26-23-25-18-11-7-8-12-19(18)29(23)16-9-5-4-6-10-16/h7-8,11-13,16H,4-6,9-10H2,1-3H3,(H,25,26,30). The van der Waals surface area contributed by atoms with Crippen LogP contribution in [0.15, 0.2) is 30.3 Å². The van der Waals surface area contributed by atoms with Crippen molar-refractivity contribution in [2.45, 2.75) is 52.0 Å². The SMILES string of the molecule is Cc1cc(C(=O)Nc2nc3ccccc3n2C2CCCCC2)c2c(C)nn(C)c2n1. The number of carbonyl (C=O) groups excluding carboxylic acids is 1. The first-order chi connectivity index (χ1) is 14.5. The number of benzene rings is 1. The number of carbonyl (C=O) groups is 1. The second-order valence-corrected chi connectivity index (χ2v) is 8.26. The molecule has 7 heteroatoms. The number of nitrogens with one attached hydrogen (secondary N) is 1. The van der Waals surface area contributed by atoms with Gasteiger partial charge < -0.3 is 4.57 Å². The largest absolute Gasteiger partial charge is 0.307 e. The van der Waals surface area contributed by atoms with Crippen molar-refractivity contribution >= 4 is 33.9 Å². The minimum absolute atomic E-state index is 0.172. The second-order valence-electron chi connectivity index (χ2n) is 8.26. The van der Waals surface area contributed by atoms with Crippen LogP contribution in [0.5, 0.6) is 0 Å². The van der Waals surface area contributed by atoms with Crippen molar-refractivity contribution in [1.29, 1.82) is 0 Å². The number of aryl methyl sites for hydroxylation is 3. The molecular weight excluding hydrogens is 376 g/mol. The highest BCUT2D eigenvalue weighted by Crippen LogP contribution is 2.34. The molecule has 30 heavy (non-hydrogen) atoms. The van der Waals surface area contributed by atoms with Crippen LogP contribution in [-0.4, -0.2) is 30.2 Å². The Morgan fingerprint density at radius 3 is 2.67 bits per heavy atom. The molecule has 1 amide bonds. The molecular formula is C23H26N6O. The van der Waals surface area contributed by atoms with Gasteiger partial charge in [-0.25, -0.2) is 9.97 Å². The van der Waals surface area contributed by atoms with Gasteiger partial charge in [0.05, 0.1) is 27.7 Å². The van der Waals surface area contributed by atoms with Gasteiger partial charge in [0.2, 0.25) is 5.95 Å². The Balaban J connectivity index is 1.60. The number of amides is 1. The van der Waals surface area contributed by atoms with Gasteiger partial charge >= 0.3 is 0 Å². The molecule has 0 spiro atoms. The fourth-order valence-electron chi connectivity index (χ4n) is 4.76. The van der Waals surface area contributed by atoms with E-state index in [2.05, 4.69) is 26.0 Å². The van der Waals surface area contributed by atoms with E-state index in [1.165, 1.54) is 19.3 Å². The number of para-hydroxylation sites is 2. The topological polar surface area (TPSA) is 77.6 Å². The summed E-state index contributed by atoms with van der Waals surface area (Å²) >= 11 is 0. The van der Waals surface area contributed by atoms with Gasteiger partial charge in [0, 0.05) is 18.8 Å². The molecule has 4 aromatic rings. The summed E-state index contributed by atoms with van der Waals surface area (Å²) in [5.74, 6) is 0.450. The minimum Gasteiger partial charge on any atom is -0.307 e. The Bertz CT molecular complexity index is 1260. The number of rotatable bonds is 3. The lowest BCUT2D eigenvalue weighted by Crippen LogP contribution is -2.20. The number of imidazole rings is 1. The van der Waals surface area contributed by atoms with E-state index >= 15 is 0 Å². The number of hydrogen-bond donors (Lipinski definition) is 1. The molecule has 1 aliphatic rings. The second kappa shape index (κ2) is 7.23. The highest BCUT2D eigenvalue weighted by Gasteiger charge is 2.24. The van der Waals surface area contributed by atoms with Gasteiger partial charge in [0.1, 0.15) is 0 Å². The van der Waals surface area contributed by atoms with Crippen molar-refractivity contribution in [2.75, 3.05) is 5.32 Å². The summed E-state index contributed by atoms with van der Waals surface area (Å²) < 4.78 is 3.96. The van der Waals surface area contributed by atoms with Gasteiger partial charge in [-0.05, 0) is 44.9 Å². The highest BCUT2D eigenvalue weighted by molar-refractivity contribution is 6.12. The van der Waals surface area contributed by atoms with Crippen LogP contribution in [0.1, 0.15) is 59.9 Å². The molecule has 154 valence electrons. The van der Waals surface area contributed by atoms with E-state index in [1.807, 2.05) is 45.2 Å². The molecule has 1 fully saturated rings. The third-order valence-electron chi connectivity index (χ3n) is 6.10. The third kappa shape index (κ3) is 3.05. The molecule has 1 aromatic carbocycles. The van der Waals surface area contributed by atoms with Gasteiger partial charge in [-0.3, -0.25) is 14.8 Å². The lowest BCUT2D eigenvalue weighted by molar-refractivity contribution is 0.102. The zero-order valence-electron chi connectivity index (χ0n) is 17.6. The van der Waals surface area contributed by atoms with E-state index in [0.717, 1.165) is 46.3 Å². The Hall–Kier alpha value is -3.22. The van der Waals surface area contributed by atoms with Crippen LogP contribution < -0.4 is 5.32 Å². The number of anilines is 1. The quantitative estimate of drug-likeness (QED) is 0.539. The van der Waals surface area contributed by atoms with Crippen molar-refractivity contribution in [3.8, 4) is 0 Å². The maximum atomic E-state index is 13.4. The smallest absolute Gasteiger partial charge is 0.258 e. The normalized spacial score (nSPS) is 15.2. The lowest BCUT2D eigenvalue weighted by Gasteiger charge is -2.25. The molecule has 0 atom stereocenters. The van der Waals surface area contributed by atoms with Crippen LogP contribution in [0.25, 0.3) is 22.1 Å². The van der Waals surface area contributed by atoms with Crippen LogP contribution in [0.3, 0.4) is 0 Å². The summed E-state index contributed by atoms with van der Waals surface area (Å²) in [6, 6.07) is 10.3. The minimum atomic E-state index is -0.172. The number of aromatic nitrogens is 5. The summed E-state index contributed by atoms with van der Waals surface area (Å²) in [6.07, 6.45) is 5.93. The lowest BCUT2D eigenvalue weighted by atomic mass is 9.95. The number of fused-ring (bicyclic) bond motifs is 2. The number of nitrogens with zero attached hydrogens (tertiary/aromatic N) is 5. The zero-order valence-corrected chi connectivity index (χ0v) is 17.6. The van der Waals surface area contributed by atoms with Crippen LogP contribution in [0.4, 0.5) is 5.95 Å². The number of pyridine rings is 1. The molecule has 0 aliphatic heterocycles. The molecule has 1 aliphatic carbocycles. The molecule has 1 saturated carbocycles. The Morgan fingerprint density at radius 2 is 1.87 bits per heavy atom. The van der Waals surface area contributed by atoms with E-state index in [1.54, 1.807) is 4.68 Å².